The first-order valence-corrected chi connectivity index (χ1v) is 12.9. The number of nitrogens with one attached hydrogen (secondary N) is 1. The predicted octanol–water partition coefficient (Wildman–Crippen LogP) is 2.77. The number of benzene rings is 1. The van der Waals surface area contributed by atoms with Gasteiger partial charge in [-0.1, -0.05) is 0 Å². The minimum Gasteiger partial charge on any atom is -0.471 e. The summed E-state index contributed by atoms with van der Waals surface area (Å²) in [4.78, 5) is 35.8. The number of halogens is 2. The van der Waals surface area contributed by atoms with Crippen molar-refractivity contribution in [1.29, 1.82) is 0 Å². The zero-order chi connectivity index (χ0) is 25.6. The molecule has 0 spiro atoms. The van der Waals surface area contributed by atoms with Gasteiger partial charge < -0.3 is 10.1 Å². The molecule has 3 heterocycles. The van der Waals surface area contributed by atoms with Gasteiger partial charge in [0.1, 0.15) is 9.84 Å². The highest BCUT2D eigenvalue weighted by molar-refractivity contribution is 7.91. The van der Waals surface area contributed by atoms with Gasteiger partial charge in [-0.25, -0.2) is 27.1 Å². The molecule has 2 aliphatic rings. The fourth-order valence-corrected chi connectivity index (χ4v) is 5.93. The Morgan fingerprint density at radius 2 is 1.89 bits per heavy atom. The maximum atomic E-state index is 13.3. The number of anilines is 2. The van der Waals surface area contributed by atoms with Crippen LogP contribution in [0.4, 0.5) is 20.4 Å². The van der Waals surface area contributed by atoms with Gasteiger partial charge in [-0.05, 0) is 57.4 Å². The molecule has 1 aromatic carbocycles. The fraction of sp³-hybridized carbons (Fsp3) is 0.478. The van der Waals surface area contributed by atoms with E-state index in [1.807, 2.05) is 6.92 Å². The molecule has 0 unspecified atom stereocenters. The lowest BCUT2D eigenvalue weighted by Gasteiger charge is -2.34. The molecule has 1 aromatic heterocycles. The first-order valence-electron chi connectivity index (χ1n) is 11.1. The second kappa shape index (κ2) is 8.81. The summed E-state index contributed by atoms with van der Waals surface area (Å²) in [7, 11) is -3.08. The highest BCUT2D eigenvalue weighted by Gasteiger charge is 2.46. The van der Waals surface area contributed by atoms with Crippen molar-refractivity contribution in [2.75, 3.05) is 23.0 Å². The summed E-state index contributed by atoms with van der Waals surface area (Å²) in [6, 6.07) is 6.13. The van der Waals surface area contributed by atoms with Crippen LogP contribution in [0.15, 0.2) is 30.5 Å². The van der Waals surface area contributed by atoms with E-state index in [9.17, 15) is 26.8 Å². The third-order valence-electron chi connectivity index (χ3n) is 6.43. The van der Waals surface area contributed by atoms with Crippen LogP contribution in [0.3, 0.4) is 0 Å². The molecule has 1 N–H and O–H groups in total. The number of ether oxygens (including phenoxy) is 1. The molecule has 0 radical (unpaired) electrons. The number of sulfone groups is 1. The summed E-state index contributed by atoms with van der Waals surface area (Å²) in [6.07, 6.45) is -0.712. The zero-order valence-electron chi connectivity index (χ0n) is 19.5. The highest BCUT2D eigenvalue weighted by atomic mass is 32.2. The molecule has 1 saturated heterocycles. The molecule has 0 saturated carbocycles. The third-order valence-corrected chi connectivity index (χ3v) is 8.08. The number of carbonyl (C=O) groups excluding carboxylic acids is 2. The molecule has 1 fully saturated rings. The molecule has 2 aromatic rings. The van der Waals surface area contributed by atoms with Crippen molar-refractivity contribution in [2.45, 2.75) is 51.0 Å². The van der Waals surface area contributed by atoms with E-state index in [0.717, 1.165) is 0 Å². The Balaban J connectivity index is 1.61. The Morgan fingerprint density at radius 1 is 1.20 bits per heavy atom. The topological polar surface area (TPSA) is 119 Å². The van der Waals surface area contributed by atoms with Crippen molar-refractivity contribution in [2.24, 2.45) is 0 Å². The Bertz CT molecular complexity index is 1270. The lowest BCUT2D eigenvalue weighted by molar-refractivity contribution is -0.121. The van der Waals surface area contributed by atoms with E-state index in [2.05, 4.69) is 15.3 Å². The van der Waals surface area contributed by atoms with Crippen LogP contribution < -0.4 is 15.0 Å². The van der Waals surface area contributed by atoms with Crippen LogP contribution in [0.2, 0.25) is 0 Å². The number of fused-ring (bicyclic) bond motifs is 1. The number of rotatable bonds is 6. The van der Waals surface area contributed by atoms with Gasteiger partial charge in [-0.2, -0.15) is 4.98 Å². The zero-order valence-corrected chi connectivity index (χ0v) is 20.4. The van der Waals surface area contributed by atoms with Gasteiger partial charge in [-0.15, -0.1) is 0 Å². The first-order chi connectivity index (χ1) is 16.3. The van der Waals surface area contributed by atoms with Crippen LogP contribution in [0.1, 0.15) is 49.5 Å². The number of amides is 2. The lowest BCUT2D eigenvalue weighted by Crippen LogP contribution is -2.50. The van der Waals surface area contributed by atoms with Gasteiger partial charge in [0, 0.05) is 23.4 Å². The monoisotopic (exact) mass is 508 g/mol. The number of aromatic nitrogens is 2. The van der Waals surface area contributed by atoms with Crippen molar-refractivity contribution in [1.82, 2.24) is 15.3 Å². The molecule has 2 amide bonds. The summed E-state index contributed by atoms with van der Waals surface area (Å²) in [5.41, 5.74) is -0.286. The van der Waals surface area contributed by atoms with Gasteiger partial charge >= 0.3 is 0 Å². The molecule has 0 aliphatic carbocycles. The molecule has 12 heteroatoms. The van der Waals surface area contributed by atoms with Gasteiger partial charge in [0.15, 0.2) is 6.61 Å². The van der Waals surface area contributed by atoms with Gasteiger partial charge in [-0.3, -0.25) is 9.59 Å². The second-order valence-electron chi connectivity index (χ2n) is 9.56. The number of hydrogen-bond donors (Lipinski definition) is 1. The smallest absolute Gasteiger partial charge is 0.272 e. The summed E-state index contributed by atoms with van der Waals surface area (Å²) in [5, 5.41) is 2.95. The maximum absolute atomic E-state index is 13.3. The average molecular weight is 509 g/mol. The molecule has 2 aliphatic heterocycles. The van der Waals surface area contributed by atoms with E-state index in [1.54, 1.807) is 32.0 Å². The maximum Gasteiger partial charge on any atom is 0.272 e. The van der Waals surface area contributed by atoms with Crippen molar-refractivity contribution >= 4 is 33.3 Å². The lowest BCUT2D eigenvalue weighted by atomic mass is 9.85. The molecular formula is C23H26F2N4O5S. The minimum atomic E-state index is -3.08. The number of alkyl halides is 2. The Morgan fingerprint density at radius 3 is 2.54 bits per heavy atom. The van der Waals surface area contributed by atoms with E-state index >= 15 is 0 Å². The molecule has 188 valence electrons. The van der Waals surface area contributed by atoms with Crippen LogP contribution in [0.5, 0.6) is 5.88 Å². The summed E-state index contributed by atoms with van der Waals surface area (Å²) >= 11 is 0. The minimum absolute atomic E-state index is 0.0184. The van der Waals surface area contributed by atoms with Crippen LogP contribution in [0, 0.1) is 0 Å². The largest absolute Gasteiger partial charge is 0.471 e. The van der Waals surface area contributed by atoms with E-state index in [0.29, 0.717) is 29.7 Å². The average Bonchev–Trinajstić information content (AvgIpc) is 3.00. The summed E-state index contributed by atoms with van der Waals surface area (Å²) in [6.45, 7) is 4.40. The van der Waals surface area contributed by atoms with Gasteiger partial charge in [0.05, 0.1) is 22.6 Å². The predicted molar refractivity (Wildman–Crippen MR) is 124 cm³/mol. The molecule has 35 heavy (non-hydrogen) atoms. The fourth-order valence-electron chi connectivity index (χ4n) is 4.20. The molecule has 0 bridgehead atoms. The molecule has 4 rings (SSSR count). The van der Waals surface area contributed by atoms with Crippen LogP contribution >= 0.6 is 0 Å². The standard InChI is InChI=1S/C23H26F2N4O5S/c1-22(2)15-12-14(19(30)28-23(3)7-10-35(32,33)11-8-23)4-5-16(15)29(20(22)31)21-26-9-6-18(27-21)34-13-17(24)25/h4-6,9,12,17H,7-8,10-11,13H2,1-3H3,(H,28,30). The molecular weight excluding hydrogens is 482 g/mol. The second-order valence-corrected chi connectivity index (χ2v) is 11.9. The van der Waals surface area contributed by atoms with E-state index in [-0.39, 0.29) is 35.1 Å². The Hall–Kier alpha value is -3.15. The normalized spacial score (nSPS) is 19.9. The van der Waals surface area contributed by atoms with E-state index in [1.165, 1.54) is 17.2 Å². The van der Waals surface area contributed by atoms with Crippen LogP contribution in [0.25, 0.3) is 0 Å². The van der Waals surface area contributed by atoms with Crippen molar-refractivity contribution < 1.29 is 31.5 Å². The number of hydrogen-bond acceptors (Lipinski definition) is 7. The van der Waals surface area contributed by atoms with Crippen LogP contribution in [-0.4, -0.2) is 60.3 Å². The van der Waals surface area contributed by atoms with E-state index < -0.39 is 33.8 Å². The SMILES string of the molecule is CC1(NC(=O)c2ccc3c(c2)C(C)(C)C(=O)N3c2nccc(OCC(F)F)n2)CCS(=O)(=O)CC1. The summed E-state index contributed by atoms with van der Waals surface area (Å²) < 4.78 is 53.5. The van der Waals surface area contributed by atoms with Crippen molar-refractivity contribution in [3.63, 3.8) is 0 Å². The van der Waals surface area contributed by atoms with Gasteiger partial charge in [0.25, 0.3) is 12.3 Å². The molecule has 9 nitrogen and oxygen atoms in total. The summed E-state index contributed by atoms with van der Waals surface area (Å²) in [5.74, 6) is -0.792. The first kappa shape index (κ1) is 25.0. The number of nitrogens with zero attached hydrogens (tertiary/aromatic N) is 3. The Kier molecular flexibility index (Phi) is 6.28. The van der Waals surface area contributed by atoms with Crippen LogP contribution in [-0.2, 0) is 20.0 Å². The molecule has 0 atom stereocenters. The quantitative estimate of drug-likeness (QED) is 0.637. The van der Waals surface area contributed by atoms with E-state index in [4.69, 9.17) is 4.74 Å². The number of carbonyl (C=O) groups is 2. The van der Waals surface area contributed by atoms with Crippen molar-refractivity contribution in [3.05, 3.63) is 41.6 Å². The highest BCUT2D eigenvalue weighted by Crippen LogP contribution is 2.45. The Labute approximate surface area is 201 Å². The van der Waals surface area contributed by atoms with Gasteiger partial charge in [0.2, 0.25) is 17.7 Å². The third kappa shape index (κ3) is 4.97. The van der Waals surface area contributed by atoms with Crippen molar-refractivity contribution in [3.8, 4) is 5.88 Å².